The Bertz CT molecular complexity index is 341. The molecule has 1 aromatic heterocycles. The molecule has 0 bridgehead atoms. The SMILES string of the molecule is NCCOCCCNc1ccc(C(N)=O)nn1. The molecule has 5 N–H and O–H groups in total. The third-order valence-electron chi connectivity index (χ3n) is 1.95. The minimum atomic E-state index is -0.584. The number of carbonyl (C=O) groups excluding carboxylic acids is 1. The summed E-state index contributed by atoms with van der Waals surface area (Å²) in [5.41, 5.74) is 10.5. The van der Waals surface area contributed by atoms with Gasteiger partial charge in [0.05, 0.1) is 6.61 Å². The number of rotatable bonds is 8. The van der Waals surface area contributed by atoms with Crippen LogP contribution in [0.2, 0.25) is 0 Å². The molecule has 0 atom stereocenters. The quantitative estimate of drug-likeness (QED) is 0.519. The number of carbonyl (C=O) groups is 1. The smallest absolute Gasteiger partial charge is 0.269 e. The molecule has 17 heavy (non-hydrogen) atoms. The van der Waals surface area contributed by atoms with Gasteiger partial charge in [0.1, 0.15) is 5.82 Å². The third-order valence-corrected chi connectivity index (χ3v) is 1.95. The zero-order valence-corrected chi connectivity index (χ0v) is 9.56. The van der Waals surface area contributed by atoms with Crippen molar-refractivity contribution in [2.24, 2.45) is 11.5 Å². The fourth-order valence-corrected chi connectivity index (χ4v) is 1.13. The van der Waals surface area contributed by atoms with Gasteiger partial charge in [-0.05, 0) is 18.6 Å². The molecule has 0 unspecified atom stereocenters. The van der Waals surface area contributed by atoms with E-state index in [9.17, 15) is 4.79 Å². The van der Waals surface area contributed by atoms with E-state index in [4.69, 9.17) is 16.2 Å². The maximum absolute atomic E-state index is 10.7. The van der Waals surface area contributed by atoms with Crippen LogP contribution in [-0.4, -0.2) is 42.4 Å². The standard InChI is InChI=1S/C10H17N5O2/c11-4-7-17-6-1-5-13-9-3-2-8(10(12)16)14-15-9/h2-3H,1,4-7,11H2,(H2,12,16)(H,13,15). The van der Waals surface area contributed by atoms with Gasteiger partial charge in [0, 0.05) is 19.7 Å². The maximum atomic E-state index is 10.7. The van der Waals surface area contributed by atoms with E-state index >= 15 is 0 Å². The molecule has 7 heteroatoms. The van der Waals surface area contributed by atoms with Crippen LogP contribution in [0.25, 0.3) is 0 Å². The van der Waals surface area contributed by atoms with Crippen LogP contribution in [0.3, 0.4) is 0 Å². The predicted octanol–water partition coefficient (Wildman–Crippen LogP) is -0.647. The molecule has 1 heterocycles. The summed E-state index contributed by atoms with van der Waals surface area (Å²) >= 11 is 0. The fourth-order valence-electron chi connectivity index (χ4n) is 1.13. The van der Waals surface area contributed by atoms with Crippen LogP contribution >= 0.6 is 0 Å². The zero-order valence-electron chi connectivity index (χ0n) is 9.56. The fraction of sp³-hybridized carbons (Fsp3) is 0.500. The summed E-state index contributed by atoms with van der Waals surface area (Å²) in [6, 6.07) is 3.19. The van der Waals surface area contributed by atoms with Crippen LogP contribution in [0.15, 0.2) is 12.1 Å². The van der Waals surface area contributed by atoms with Gasteiger partial charge in [-0.3, -0.25) is 4.79 Å². The van der Waals surface area contributed by atoms with Crippen LogP contribution in [0, 0.1) is 0 Å². The number of primary amides is 1. The first-order valence-corrected chi connectivity index (χ1v) is 5.39. The zero-order chi connectivity index (χ0) is 12.5. The van der Waals surface area contributed by atoms with Gasteiger partial charge in [0.2, 0.25) is 0 Å². The number of nitrogens with one attached hydrogen (secondary N) is 1. The Kier molecular flexibility index (Phi) is 5.91. The lowest BCUT2D eigenvalue weighted by Gasteiger charge is -2.05. The first-order valence-electron chi connectivity index (χ1n) is 5.39. The molecule has 0 spiro atoms. The predicted molar refractivity (Wildman–Crippen MR) is 63.5 cm³/mol. The molecule has 0 saturated carbocycles. The van der Waals surface area contributed by atoms with E-state index in [0.717, 1.165) is 13.0 Å². The topological polar surface area (TPSA) is 116 Å². The van der Waals surface area contributed by atoms with E-state index in [0.29, 0.717) is 25.6 Å². The molecule has 0 saturated heterocycles. The number of amides is 1. The van der Waals surface area contributed by atoms with Crippen LogP contribution in [0.4, 0.5) is 5.82 Å². The molecule has 0 radical (unpaired) electrons. The van der Waals surface area contributed by atoms with E-state index in [1.165, 1.54) is 6.07 Å². The van der Waals surface area contributed by atoms with Gasteiger partial charge in [-0.25, -0.2) is 0 Å². The molecule has 1 amide bonds. The van der Waals surface area contributed by atoms with Crippen molar-refractivity contribution in [2.75, 3.05) is 31.6 Å². The molecule has 1 rings (SSSR count). The Balaban J connectivity index is 2.21. The monoisotopic (exact) mass is 239 g/mol. The summed E-state index contributed by atoms with van der Waals surface area (Å²) in [6.07, 6.45) is 0.846. The molecule has 0 aliphatic carbocycles. The van der Waals surface area contributed by atoms with Crippen molar-refractivity contribution >= 4 is 11.7 Å². The molecule has 0 fully saturated rings. The summed E-state index contributed by atoms with van der Waals surface area (Å²) < 4.78 is 5.21. The van der Waals surface area contributed by atoms with Crippen LogP contribution in [0.5, 0.6) is 0 Å². The van der Waals surface area contributed by atoms with Crippen LogP contribution in [0.1, 0.15) is 16.9 Å². The van der Waals surface area contributed by atoms with E-state index in [1.54, 1.807) is 6.07 Å². The summed E-state index contributed by atoms with van der Waals surface area (Å²) in [4.78, 5) is 10.7. The third kappa shape index (κ3) is 5.23. The largest absolute Gasteiger partial charge is 0.380 e. The number of ether oxygens (including phenoxy) is 1. The molecular weight excluding hydrogens is 222 g/mol. The van der Waals surface area contributed by atoms with Crippen molar-refractivity contribution in [1.29, 1.82) is 0 Å². The van der Waals surface area contributed by atoms with Crippen molar-refractivity contribution < 1.29 is 9.53 Å². The minimum Gasteiger partial charge on any atom is -0.380 e. The second kappa shape index (κ2) is 7.53. The summed E-state index contributed by atoms with van der Waals surface area (Å²) in [6.45, 7) is 2.48. The van der Waals surface area contributed by atoms with Gasteiger partial charge < -0.3 is 21.5 Å². The minimum absolute atomic E-state index is 0.154. The van der Waals surface area contributed by atoms with E-state index < -0.39 is 5.91 Å². The van der Waals surface area contributed by atoms with E-state index in [2.05, 4.69) is 15.5 Å². The van der Waals surface area contributed by atoms with Crippen molar-refractivity contribution in [3.05, 3.63) is 17.8 Å². The van der Waals surface area contributed by atoms with Crippen LogP contribution in [-0.2, 0) is 4.74 Å². The highest BCUT2D eigenvalue weighted by Gasteiger charge is 2.02. The molecule has 0 aliphatic heterocycles. The van der Waals surface area contributed by atoms with Crippen molar-refractivity contribution in [2.45, 2.75) is 6.42 Å². The number of hydrogen-bond donors (Lipinski definition) is 3. The normalized spacial score (nSPS) is 10.2. The lowest BCUT2D eigenvalue weighted by Crippen LogP contribution is -2.15. The molecule has 0 aliphatic rings. The second-order valence-corrected chi connectivity index (χ2v) is 3.35. The molecule has 0 aromatic carbocycles. The molecule has 94 valence electrons. The lowest BCUT2D eigenvalue weighted by atomic mass is 10.3. The number of hydrogen-bond acceptors (Lipinski definition) is 6. The Morgan fingerprint density at radius 1 is 1.35 bits per heavy atom. The first-order chi connectivity index (χ1) is 8.24. The highest BCUT2D eigenvalue weighted by Crippen LogP contribution is 2.01. The Morgan fingerprint density at radius 3 is 2.76 bits per heavy atom. The van der Waals surface area contributed by atoms with Gasteiger partial charge in [-0.15, -0.1) is 10.2 Å². The highest BCUT2D eigenvalue weighted by molar-refractivity contribution is 5.90. The molecule has 1 aromatic rings. The second-order valence-electron chi connectivity index (χ2n) is 3.35. The number of nitrogens with zero attached hydrogens (tertiary/aromatic N) is 2. The number of nitrogens with two attached hydrogens (primary N) is 2. The summed E-state index contributed by atoms with van der Waals surface area (Å²) in [5, 5.41) is 10.5. The Morgan fingerprint density at radius 2 is 2.18 bits per heavy atom. The van der Waals surface area contributed by atoms with Gasteiger partial charge >= 0.3 is 0 Å². The molecular formula is C10H17N5O2. The van der Waals surface area contributed by atoms with Gasteiger partial charge in [-0.2, -0.15) is 0 Å². The first kappa shape index (κ1) is 13.3. The highest BCUT2D eigenvalue weighted by atomic mass is 16.5. The van der Waals surface area contributed by atoms with Gasteiger partial charge in [-0.1, -0.05) is 0 Å². The average molecular weight is 239 g/mol. The Labute approximate surface area is 99.5 Å². The summed E-state index contributed by atoms with van der Waals surface area (Å²) in [5.74, 6) is 0.0214. The maximum Gasteiger partial charge on any atom is 0.269 e. The van der Waals surface area contributed by atoms with Crippen molar-refractivity contribution in [1.82, 2.24) is 10.2 Å². The van der Waals surface area contributed by atoms with E-state index in [-0.39, 0.29) is 5.69 Å². The van der Waals surface area contributed by atoms with E-state index in [1.807, 2.05) is 0 Å². The number of anilines is 1. The van der Waals surface area contributed by atoms with Gasteiger partial charge in [0.15, 0.2) is 5.69 Å². The summed E-state index contributed by atoms with van der Waals surface area (Å²) in [7, 11) is 0. The average Bonchev–Trinajstić information content (AvgIpc) is 2.34. The van der Waals surface area contributed by atoms with Gasteiger partial charge in [0.25, 0.3) is 5.91 Å². The van der Waals surface area contributed by atoms with Crippen molar-refractivity contribution in [3.63, 3.8) is 0 Å². The number of aromatic nitrogens is 2. The van der Waals surface area contributed by atoms with Crippen LogP contribution < -0.4 is 16.8 Å². The lowest BCUT2D eigenvalue weighted by molar-refractivity contribution is 0.0994. The molecule has 7 nitrogen and oxygen atoms in total. The Hall–Kier alpha value is -1.73. The van der Waals surface area contributed by atoms with Crippen molar-refractivity contribution in [3.8, 4) is 0 Å².